The summed E-state index contributed by atoms with van der Waals surface area (Å²) >= 11 is 0. The van der Waals surface area contributed by atoms with Crippen LogP contribution in [0.1, 0.15) is 11.3 Å². The fourth-order valence-corrected chi connectivity index (χ4v) is 3.83. The molecule has 0 atom stereocenters. The third-order valence-corrected chi connectivity index (χ3v) is 5.43. The van der Waals surface area contributed by atoms with E-state index in [1.54, 1.807) is 30.5 Å². The second kappa shape index (κ2) is 6.76. The van der Waals surface area contributed by atoms with Crippen LogP contribution in [0, 0.1) is 0 Å². The Bertz CT molecular complexity index is 1080. The molecule has 0 spiro atoms. The molecule has 27 heavy (non-hydrogen) atoms. The van der Waals surface area contributed by atoms with Crippen molar-refractivity contribution in [1.29, 1.82) is 0 Å². The lowest BCUT2D eigenvalue weighted by atomic mass is 10.2. The molecule has 1 amide bonds. The summed E-state index contributed by atoms with van der Waals surface area (Å²) in [4.78, 5) is 15.7. The highest BCUT2D eigenvalue weighted by molar-refractivity contribution is 7.92. The maximum absolute atomic E-state index is 12.6. The van der Waals surface area contributed by atoms with Gasteiger partial charge in [-0.25, -0.2) is 13.4 Å². The summed E-state index contributed by atoms with van der Waals surface area (Å²) in [6.07, 6.45) is 3.20. The van der Waals surface area contributed by atoms with E-state index < -0.39 is 10.0 Å². The Morgan fingerprint density at radius 2 is 2.07 bits per heavy atom. The number of amides is 1. The quantitative estimate of drug-likeness (QED) is 0.602. The molecule has 3 aromatic rings. The van der Waals surface area contributed by atoms with E-state index in [-0.39, 0.29) is 17.2 Å². The largest absolute Gasteiger partial charge is 0.467 e. The molecule has 3 N–H and O–H groups in total. The van der Waals surface area contributed by atoms with Crippen LogP contribution in [0.2, 0.25) is 0 Å². The Labute approximate surface area is 155 Å². The maximum Gasteiger partial charge on any atom is 0.261 e. The van der Waals surface area contributed by atoms with Crippen LogP contribution in [-0.2, 0) is 27.8 Å². The van der Waals surface area contributed by atoms with Gasteiger partial charge in [0.15, 0.2) is 0 Å². The van der Waals surface area contributed by atoms with Crippen molar-refractivity contribution in [1.82, 2.24) is 4.98 Å². The molecule has 1 aliphatic heterocycles. The number of benzene rings is 1. The summed E-state index contributed by atoms with van der Waals surface area (Å²) in [5.74, 6) is 1.22. The normalized spacial score (nSPS) is 13.1. The highest BCUT2D eigenvalue weighted by Crippen LogP contribution is 2.26. The molecule has 9 heteroatoms. The molecule has 0 bridgehead atoms. The number of furan rings is 1. The number of hydrogen-bond acceptors (Lipinski definition) is 6. The smallest absolute Gasteiger partial charge is 0.261 e. The molecule has 1 aromatic carbocycles. The average Bonchev–Trinajstić information content (AvgIpc) is 3.28. The number of sulfonamides is 1. The lowest BCUT2D eigenvalue weighted by Gasteiger charge is -2.10. The Balaban J connectivity index is 1.45. The highest BCUT2D eigenvalue weighted by Gasteiger charge is 2.22. The van der Waals surface area contributed by atoms with Gasteiger partial charge < -0.3 is 15.1 Å². The number of carbonyl (C=O) groups is 1. The number of carbonyl (C=O) groups excluding carboxylic acids is 1. The SMILES string of the molecule is O=C1Cc2cc(S(=O)(=O)Nc3ccc(NCc4ccco4)nc3)ccc2N1. The summed E-state index contributed by atoms with van der Waals surface area (Å²) in [6, 6.07) is 11.5. The van der Waals surface area contributed by atoms with Gasteiger partial charge in [-0.15, -0.1) is 0 Å². The van der Waals surface area contributed by atoms with E-state index >= 15 is 0 Å². The van der Waals surface area contributed by atoms with E-state index in [1.165, 1.54) is 18.3 Å². The third-order valence-electron chi connectivity index (χ3n) is 4.05. The number of fused-ring (bicyclic) bond motifs is 1. The van der Waals surface area contributed by atoms with Gasteiger partial charge in [-0.1, -0.05) is 0 Å². The van der Waals surface area contributed by atoms with Crippen LogP contribution in [0.3, 0.4) is 0 Å². The summed E-state index contributed by atoms with van der Waals surface area (Å²) in [5, 5.41) is 5.76. The predicted octanol–water partition coefficient (Wildman–Crippen LogP) is 2.58. The van der Waals surface area contributed by atoms with Gasteiger partial charge in [0, 0.05) is 5.69 Å². The first-order valence-corrected chi connectivity index (χ1v) is 9.66. The lowest BCUT2D eigenvalue weighted by molar-refractivity contribution is -0.115. The Hall–Kier alpha value is -3.33. The minimum atomic E-state index is -3.78. The summed E-state index contributed by atoms with van der Waals surface area (Å²) in [6.45, 7) is 0.479. The highest BCUT2D eigenvalue weighted by atomic mass is 32.2. The molecule has 0 radical (unpaired) electrons. The Morgan fingerprint density at radius 1 is 1.19 bits per heavy atom. The zero-order valence-electron chi connectivity index (χ0n) is 14.1. The number of rotatable bonds is 6. The van der Waals surface area contributed by atoms with Crippen LogP contribution >= 0.6 is 0 Å². The van der Waals surface area contributed by atoms with Gasteiger partial charge in [0.25, 0.3) is 10.0 Å². The zero-order chi connectivity index (χ0) is 18.9. The zero-order valence-corrected chi connectivity index (χ0v) is 14.9. The Morgan fingerprint density at radius 3 is 2.81 bits per heavy atom. The van der Waals surface area contributed by atoms with Crippen LogP contribution in [0.25, 0.3) is 0 Å². The predicted molar refractivity (Wildman–Crippen MR) is 99.9 cm³/mol. The van der Waals surface area contributed by atoms with Gasteiger partial charge >= 0.3 is 0 Å². The minimum absolute atomic E-state index is 0.0952. The molecule has 0 aliphatic carbocycles. The number of pyridine rings is 1. The van der Waals surface area contributed by atoms with Crippen molar-refractivity contribution in [2.45, 2.75) is 17.9 Å². The van der Waals surface area contributed by atoms with Gasteiger partial charge in [0.1, 0.15) is 11.6 Å². The van der Waals surface area contributed by atoms with E-state index in [4.69, 9.17) is 4.42 Å². The fraction of sp³-hybridized carbons (Fsp3) is 0.111. The van der Waals surface area contributed by atoms with Gasteiger partial charge in [-0.05, 0) is 48.0 Å². The number of anilines is 3. The van der Waals surface area contributed by atoms with Crippen LogP contribution < -0.4 is 15.4 Å². The van der Waals surface area contributed by atoms with Gasteiger partial charge in [-0.3, -0.25) is 9.52 Å². The topological polar surface area (TPSA) is 113 Å². The molecule has 0 unspecified atom stereocenters. The van der Waals surface area contributed by atoms with E-state index in [1.807, 2.05) is 6.07 Å². The van der Waals surface area contributed by atoms with E-state index in [9.17, 15) is 13.2 Å². The molecule has 1 aliphatic rings. The van der Waals surface area contributed by atoms with Crippen LogP contribution in [0.15, 0.2) is 64.2 Å². The standard InChI is InChI=1S/C18H16N4O4S/c23-18-9-12-8-15(4-5-16(12)21-18)27(24,25)22-13-3-6-17(19-10-13)20-11-14-2-1-7-26-14/h1-8,10,22H,9,11H2,(H,19,20)(H,21,23). The summed E-state index contributed by atoms with van der Waals surface area (Å²) < 4.78 is 32.9. The molecular formula is C18H16N4O4S. The van der Waals surface area contributed by atoms with Crippen molar-refractivity contribution in [3.63, 3.8) is 0 Å². The molecule has 8 nitrogen and oxygen atoms in total. The Kier molecular flexibility index (Phi) is 4.28. The molecule has 3 heterocycles. The fourth-order valence-electron chi connectivity index (χ4n) is 2.74. The second-order valence-corrected chi connectivity index (χ2v) is 7.70. The lowest BCUT2D eigenvalue weighted by Crippen LogP contribution is -2.13. The van der Waals surface area contributed by atoms with Crippen molar-refractivity contribution >= 4 is 33.1 Å². The molecule has 0 saturated heterocycles. The van der Waals surface area contributed by atoms with Crippen LogP contribution in [0.5, 0.6) is 0 Å². The number of hydrogen-bond donors (Lipinski definition) is 3. The minimum Gasteiger partial charge on any atom is -0.467 e. The second-order valence-electron chi connectivity index (χ2n) is 6.01. The molecule has 0 fully saturated rings. The van der Waals surface area contributed by atoms with E-state index in [2.05, 4.69) is 20.3 Å². The third kappa shape index (κ3) is 3.77. The monoisotopic (exact) mass is 384 g/mol. The van der Waals surface area contributed by atoms with E-state index in [0.29, 0.717) is 29.3 Å². The van der Waals surface area contributed by atoms with Gasteiger partial charge in [0.2, 0.25) is 5.91 Å². The van der Waals surface area contributed by atoms with Crippen molar-refractivity contribution in [3.8, 4) is 0 Å². The van der Waals surface area contributed by atoms with E-state index in [0.717, 1.165) is 5.76 Å². The van der Waals surface area contributed by atoms with Crippen molar-refractivity contribution in [3.05, 3.63) is 66.2 Å². The number of nitrogens with one attached hydrogen (secondary N) is 3. The first kappa shape index (κ1) is 17.1. The summed E-state index contributed by atoms with van der Waals surface area (Å²) in [7, 11) is -3.78. The summed E-state index contributed by atoms with van der Waals surface area (Å²) in [5.41, 5.74) is 1.65. The van der Waals surface area contributed by atoms with Gasteiger partial charge in [0.05, 0.1) is 36.0 Å². The number of aromatic nitrogens is 1. The molecular weight excluding hydrogens is 368 g/mol. The molecule has 4 rings (SSSR count). The molecule has 2 aromatic heterocycles. The molecule has 0 saturated carbocycles. The average molecular weight is 384 g/mol. The first-order chi connectivity index (χ1) is 13.0. The maximum atomic E-state index is 12.6. The van der Waals surface area contributed by atoms with Crippen molar-refractivity contribution in [2.75, 3.05) is 15.4 Å². The van der Waals surface area contributed by atoms with Gasteiger partial charge in [-0.2, -0.15) is 0 Å². The first-order valence-electron chi connectivity index (χ1n) is 8.17. The van der Waals surface area contributed by atoms with Crippen molar-refractivity contribution < 1.29 is 17.6 Å². The molecule has 138 valence electrons. The van der Waals surface area contributed by atoms with Crippen LogP contribution in [0.4, 0.5) is 17.2 Å². The van der Waals surface area contributed by atoms with Crippen LogP contribution in [-0.4, -0.2) is 19.3 Å². The van der Waals surface area contributed by atoms with Crippen molar-refractivity contribution in [2.24, 2.45) is 0 Å². The number of nitrogens with zero attached hydrogens (tertiary/aromatic N) is 1.